The Morgan fingerprint density at radius 2 is 1.75 bits per heavy atom. The zero-order valence-electron chi connectivity index (χ0n) is 11.2. The Balaban J connectivity index is 2.64. The molecule has 100 valence electrons. The van der Waals surface area contributed by atoms with E-state index in [1.54, 1.807) is 29.8 Å². The molecule has 20 heavy (non-hydrogen) atoms. The molecule has 3 aromatic rings. The Morgan fingerprint density at radius 3 is 2.50 bits per heavy atom. The number of carbonyl (C=O) groups is 1. The van der Waals surface area contributed by atoms with Crippen molar-refractivity contribution in [2.24, 2.45) is 7.05 Å². The minimum Gasteiger partial charge on any atom is -0.465 e. The largest absolute Gasteiger partial charge is 0.465 e. The van der Waals surface area contributed by atoms with Crippen LogP contribution < -0.4 is 5.56 Å². The second-order valence-electron chi connectivity index (χ2n) is 4.60. The van der Waals surface area contributed by atoms with Crippen molar-refractivity contribution in [3.63, 3.8) is 0 Å². The van der Waals surface area contributed by atoms with Crippen LogP contribution in [0.3, 0.4) is 0 Å². The number of nitrogens with zero attached hydrogens (tertiary/aromatic N) is 1. The SMILES string of the molecule is COC(=O)c1cccc2c(=O)n(C)c3ccccc3c12. The number of hydrogen-bond donors (Lipinski definition) is 0. The summed E-state index contributed by atoms with van der Waals surface area (Å²) in [6.45, 7) is 0. The normalized spacial score (nSPS) is 10.9. The fraction of sp³-hybridized carbons (Fsp3) is 0.125. The van der Waals surface area contributed by atoms with E-state index in [2.05, 4.69) is 0 Å². The first kappa shape index (κ1) is 12.4. The van der Waals surface area contributed by atoms with Crippen LogP contribution in [0.4, 0.5) is 0 Å². The summed E-state index contributed by atoms with van der Waals surface area (Å²) in [5.41, 5.74) is 1.09. The molecular formula is C16H13NO3. The molecule has 0 aliphatic heterocycles. The Labute approximate surface area is 115 Å². The van der Waals surface area contributed by atoms with Crippen LogP contribution in [-0.2, 0) is 11.8 Å². The van der Waals surface area contributed by atoms with E-state index < -0.39 is 5.97 Å². The third kappa shape index (κ3) is 1.61. The van der Waals surface area contributed by atoms with Gasteiger partial charge in [-0.1, -0.05) is 24.3 Å². The van der Waals surface area contributed by atoms with Crippen molar-refractivity contribution in [1.82, 2.24) is 4.57 Å². The third-order valence-corrected chi connectivity index (χ3v) is 3.54. The highest BCUT2D eigenvalue weighted by Gasteiger charge is 2.16. The van der Waals surface area contributed by atoms with Gasteiger partial charge in [-0.25, -0.2) is 4.79 Å². The molecule has 3 rings (SSSR count). The lowest BCUT2D eigenvalue weighted by molar-refractivity contribution is 0.0603. The van der Waals surface area contributed by atoms with E-state index in [0.29, 0.717) is 16.3 Å². The third-order valence-electron chi connectivity index (χ3n) is 3.54. The molecule has 0 spiro atoms. The van der Waals surface area contributed by atoms with Gasteiger partial charge in [-0.05, 0) is 18.2 Å². The maximum atomic E-state index is 12.4. The summed E-state index contributed by atoms with van der Waals surface area (Å²) in [5.74, 6) is -0.436. The van der Waals surface area contributed by atoms with Crippen molar-refractivity contribution in [2.75, 3.05) is 7.11 Å². The van der Waals surface area contributed by atoms with Crippen LogP contribution in [0.5, 0.6) is 0 Å². The van der Waals surface area contributed by atoms with Gasteiger partial charge >= 0.3 is 5.97 Å². The van der Waals surface area contributed by atoms with E-state index >= 15 is 0 Å². The topological polar surface area (TPSA) is 48.3 Å². The maximum absolute atomic E-state index is 12.4. The number of pyridine rings is 1. The summed E-state index contributed by atoms with van der Waals surface area (Å²) >= 11 is 0. The van der Waals surface area contributed by atoms with Gasteiger partial charge in [0.25, 0.3) is 5.56 Å². The van der Waals surface area contributed by atoms with E-state index in [9.17, 15) is 9.59 Å². The molecule has 0 fully saturated rings. The molecule has 1 aromatic heterocycles. The van der Waals surface area contributed by atoms with Crippen molar-refractivity contribution in [3.8, 4) is 0 Å². The summed E-state index contributed by atoms with van der Waals surface area (Å²) in [6.07, 6.45) is 0. The van der Waals surface area contributed by atoms with Gasteiger partial charge in [0.15, 0.2) is 0 Å². The smallest absolute Gasteiger partial charge is 0.338 e. The predicted octanol–water partition coefficient (Wildman–Crippen LogP) is 2.48. The molecule has 4 nitrogen and oxygen atoms in total. The van der Waals surface area contributed by atoms with Gasteiger partial charge < -0.3 is 9.30 Å². The quantitative estimate of drug-likeness (QED) is 0.502. The van der Waals surface area contributed by atoms with Crippen molar-refractivity contribution in [3.05, 3.63) is 58.4 Å². The average molecular weight is 267 g/mol. The Hall–Kier alpha value is -2.62. The minimum absolute atomic E-state index is 0.121. The number of methoxy groups -OCH3 is 1. The summed E-state index contributed by atoms with van der Waals surface area (Å²) in [4.78, 5) is 24.4. The monoisotopic (exact) mass is 267 g/mol. The molecule has 0 radical (unpaired) electrons. The first-order valence-corrected chi connectivity index (χ1v) is 6.24. The summed E-state index contributed by atoms with van der Waals surface area (Å²) in [6, 6.07) is 12.6. The van der Waals surface area contributed by atoms with Crippen LogP contribution in [0.2, 0.25) is 0 Å². The predicted molar refractivity (Wildman–Crippen MR) is 78.0 cm³/mol. The number of para-hydroxylation sites is 1. The number of rotatable bonds is 1. The lowest BCUT2D eigenvalue weighted by atomic mass is 10.0. The van der Waals surface area contributed by atoms with Gasteiger partial charge in [-0.3, -0.25) is 4.79 Å². The van der Waals surface area contributed by atoms with Crippen LogP contribution in [0.15, 0.2) is 47.3 Å². The van der Waals surface area contributed by atoms with E-state index in [1.807, 2.05) is 24.3 Å². The second kappa shape index (κ2) is 4.49. The average Bonchev–Trinajstić information content (AvgIpc) is 2.51. The minimum atomic E-state index is -0.436. The Kier molecular flexibility index (Phi) is 2.79. The number of fused-ring (bicyclic) bond motifs is 3. The molecule has 0 amide bonds. The first-order chi connectivity index (χ1) is 9.65. The lowest BCUT2D eigenvalue weighted by Gasteiger charge is -2.11. The number of esters is 1. The van der Waals surface area contributed by atoms with Gasteiger partial charge in [0.05, 0.1) is 18.2 Å². The van der Waals surface area contributed by atoms with Gasteiger partial charge in [-0.15, -0.1) is 0 Å². The zero-order chi connectivity index (χ0) is 14.3. The summed E-state index contributed by atoms with van der Waals surface area (Å²) in [5, 5.41) is 2.04. The molecule has 0 aliphatic carbocycles. The highest BCUT2D eigenvalue weighted by molar-refractivity contribution is 6.15. The molecule has 1 heterocycles. The number of aromatic nitrogens is 1. The highest BCUT2D eigenvalue weighted by Crippen LogP contribution is 2.26. The fourth-order valence-corrected chi connectivity index (χ4v) is 2.57. The molecule has 2 aromatic carbocycles. The maximum Gasteiger partial charge on any atom is 0.338 e. The first-order valence-electron chi connectivity index (χ1n) is 6.24. The van der Waals surface area contributed by atoms with Crippen LogP contribution in [0, 0.1) is 0 Å². The molecule has 0 bridgehead atoms. The molecular weight excluding hydrogens is 254 g/mol. The van der Waals surface area contributed by atoms with Crippen LogP contribution in [0.25, 0.3) is 21.7 Å². The Morgan fingerprint density at radius 1 is 1.05 bits per heavy atom. The summed E-state index contributed by atoms with van der Waals surface area (Å²) in [7, 11) is 3.07. The molecule has 0 aliphatic rings. The summed E-state index contributed by atoms with van der Waals surface area (Å²) < 4.78 is 6.41. The number of carbonyl (C=O) groups excluding carboxylic acids is 1. The lowest BCUT2D eigenvalue weighted by Crippen LogP contribution is -2.18. The van der Waals surface area contributed by atoms with Crippen molar-refractivity contribution < 1.29 is 9.53 Å². The fourth-order valence-electron chi connectivity index (χ4n) is 2.57. The van der Waals surface area contributed by atoms with E-state index in [4.69, 9.17) is 4.74 Å². The van der Waals surface area contributed by atoms with Crippen LogP contribution >= 0.6 is 0 Å². The number of ether oxygens (including phenoxy) is 1. The van der Waals surface area contributed by atoms with Crippen molar-refractivity contribution in [1.29, 1.82) is 0 Å². The number of benzene rings is 2. The molecule has 0 saturated heterocycles. The standard InChI is InChI=1S/C16H13NO3/c1-17-13-9-4-3-6-10(13)14-11(15(17)18)7-5-8-12(14)16(19)20-2/h3-9H,1-2H3. The van der Waals surface area contributed by atoms with E-state index in [1.165, 1.54) is 7.11 Å². The van der Waals surface area contributed by atoms with E-state index in [0.717, 1.165) is 10.9 Å². The van der Waals surface area contributed by atoms with Crippen molar-refractivity contribution >= 4 is 27.6 Å². The van der Waals surface area contributed by atoms with Crippen LogP contribution in [0.1, 0.15) is 10.4 Å². The van der Waals surface area contributed by atoms with Gasteiger partial charge in [0.2, 0.25) is 0 Å². The molecule has 0 atom stereocenters. The van der Waals surface area contributed by atoms with Gasteiger partial charge in [0, 0.05) is 23.2 Å². The number of aryl methyl sites for hydroxylation is 1. The van der Waals surface area contributed by atoms with Gasteiger partial charge in [0.1, 0.15) is 0 Å². The zero-order valence-corrected chi connectivity index (χ0v) is 11.2. The van der Waals surface area contributed by atoms with E-state index in [-0.39, 0.29) is 5.56 Å². The number of hydrogen-bond acceptors (Lipinski definition) is 3. The van der Waals surface area contributed by atoms with Crippen molar-refractivity contribution in [2.45, 2.75) is 0 Å². The van der Waals surface area contributed by atoms with Crippen LogP contribution in [-0.4, -0.2) is 17.6 Å². The second-order valence-corrected chi connectivity index (χ2v) is 4.60. The molecule has 0 N–H and O–H groups in total. The Bertz CT molecular complexity index is 893. The highest BCUT2D eigenvalue weighted by atomic mass is 16.5. The molecule has 4 heteroatoms. The molecule has 0 saturated carbocycles. The van der Waals surface area contributed by atoms with Gasteiger partial charge in [-0.2, -0.15) is 0 Å². The molecule has 0 unspecified atom stereocenters.